The smallest absolute Gasteiger partial charge is 0.251 e. The van der Waals surface area contributed by atoms with E-state index in [-0.39, 0.29) is 12.5 Å². The molecule has 2 aromatic rings. The first kappa shape index (κ1) is 44.8. The Labute approximate surface area is 309 Å². The highest BCUT2D eigenvalue weighted by Crippen LogP contribution is 2.31. The molecular formula is C41H68ClN5O3. The van der Waals surface area contributed by atoms with Gasteiger partial charge in [0.2, 0.25) is 5.91 Å². The Balaban J connectivity index is 0.000000425. The fraction of sp³-hybridized carbons (Fsp3) is 0.610. The van der Waals surface area contributed by atoms with Gasteiger partial charge in [-0.25, -0.2) is 0 Å². The number of primary amides is 1. The van der Waals surface area contributed by atoms with E-state index in [1.807, 2.05) is 45.2 Å². The molecule has 1 unspecified atom stereocenters. The fourth-order valence-corrected chi connectivity index (χ4v) is 6.52. The maximum Gasteiger partial charge on any atom is 0.251 e. The SMILES string of the molecule is CCC.CCC(C)C1CCCCC1.CN/C(=C(/CNC(=O)c1cc(Cl)cc(C)c1C)C(N)=O)N1CCCCC1.CNCc1cccc(OC)c1. The van der Waals surface area contributed by atoms with Crippen LogP contribution in [0.25, 0.3) is 0 Å². The number of nitrogens with zero attached hydrogens (tertiary/aromatic N) is 1. The van der Waals surface area contributed by atoms with E-state index in [2.05, 4.69) is 54.6 Å². The number of rotatable bonds is 11. The van der Waals surface area contributed by atoms with Crippen LogP contribution in [0.3, 0.4) is 0 Å². The maximum atomic E-state index is 12.6. The predicted octanol–water partition coefficient (Wildman–Crippen LogP) is 8.53. The molecule has 0 aromatic heterocycles. The van der Waals surface area contributed by atoms with Gasteiger partial charge in [0.15, 0.2) is 0 Å². The molecule has 2 amide bonds. The third-order valence-electron chi connectivity index (χ3n) is 9.41. The number of nitrogens with two attached hydrogens (primary N) is 1. The Hall–Kier alpha value is -3.23. The molecule has 2 fully saturated rings. The minimum absolute atomic E-state index is 0.0614. The summed E-state index contributed by atoms with van der Waals surface area (Å²) in [6, 6.07) is 11.5. The van der Waals surface area contributed by atoms with Crippen LogP contribution in [-0.4, -0.2) is 57.6 Å². The number of methoxy groups -OCH3 is 1. The molecule has 9 heteroatoms. The van der Waals surface area contributed by atoms with Crippen molar-refractivity contribution in [3.8, 4) is 5.75 Å². The molecule has 1 heterocycles. The van der Waals surface area contributed by atoms with Crippen LogP contribution in [0.1, 0.15) is 119 Å². The van der Waals surface area contributed by atoms with Crippen molar-refractivity contribution in [2.45, 2.75) is 112 Å². The molecule has 1 saturated carbocycles. The summed E-state index contributed by atoms with van der Waals surface area (Å²) in [4.78, 5) is 26.7. The van der Waals surface area contributed by atoms with Crippen molar-refractivity contribution >= 4 is 23.4 Å². The maximum absolute atomic E-state index is 12.6. The van der Waals surface area contributed by atoms with Crippen LogP contribution in [0, 0.1) is 25.7 Å². The average Bonchev–Trinajstić information content (AvgIpc) is 3.12. The van der Waals surface area contributed by atoms with E-state index in [9.17, 15) is 9.59 Å². The summed E-state index contributed by atoms with van der Waals surface area (Å²) < 4.78 is 5.07. The number of carbonyl (C=O) groups is 2. The summed E-state index contributed by atoms with van der Waals surface area (Å²) in [6.45, 7) is 15.4. The van der Waals surface area contributed by atoms with Gasteiger partial charge >= 0.3 is 0 Å². The van der Waals surface area contributed by atoms with Crippen LogP contribution in [0.2, 0.25) is 5.02 Å². The number of hydrogen-bond acceptors (Lipinski definition) is 6. The van der Waals surface area contributed by atoms with Crippen LogP contribution in [0.15, 0.2) is 47.8 Å². The van der Waals surface area contributed by atoms with Crippen molar-refractivity contribution in [3.63, 3.8) is 0 Å². The Morgan fingerprint density at radius 1 is 0.980 bits per heavy atom. The highest BCUT2D eigenvalue weighted by molar-refractivity contribution is 6.31. The zero-order chi connectivity index (χ0) is 37.5. The minimum atomic E-state index is -0.542. The van der Waals surface area contributed by atoms with Gasteiger partial charge in [0.1, 0.15) is 11.6 Å². The van der Waals surface area contributed by atoms with Gasteiger partial charge in [0.25, 0.3) is 5.91 Å². The van der Waals surface area contributed by atoms with Crippen LogP contribution in [0.4, 0.5) is 0 Å². The first-order valence-corrected chi connectivity index (χ1v) is 19.1. The van der Waals surface area contributed by atoms with Crippen LogP contribution < -0.4 is 26.4 Å². The average molecular weight is 714 g/mol. The fourth-order valence-electron chi connectivity index (χ4n) is 6.24. The summed E-state index contributed by atoms with van der Waals surface area (Å²) in [6.07, 6.45) is 13.5. The molecule has 1 atom stereocenters. The number of halogens is 1. The molecule has 5 N–H and O–H groups in total. The lowest BCUT2D eigenvalue weighted by Crippen LogP contribution is -2.40. The van der Waals surface area contributed by atoms with Gasteiger partial charge in [-0.15, -0.1) is 0 Å². The number of hydrogen-bond donors (Lipinski definition) is 4. The van der Waals surface area contributed by atoms with Gasteiger partial charge in [-0.05, 0) is 92.9 Å². The third kappa shape index (κ3) is 16.2. The summed E-state index contributed by atoms with van der Waals surface area (Å²) >= 11 is 6.07. The number of likely N-dealkylation sites (tertiary alicyclic amines) is 1. The van der Waals surface area contributed by atoms with E-state index in [4.69, 9.17) is 22.1 Å². The normalized spacial score (nSPS) is 15.4. The Kier molecular flexibility index (Phi) is 23.0. The number of benzene rings is 2. The molecule has 50 heavy (non-hydrogen) atoms. The Morgan fingerprint density at radius 3 is 2.14 bits per heavy atom. The number of aryl methyl sites for hydroxylation is 1. The third-order valence-corrected chi connectivity index (χ3v) is 9.63. The lowest BCUT2D eigenvalue weighted by Gasteiger charge is -2.32. The van der Waals surface area contributed by atoms with Crippen molar-refractivity contribution in [1.82, 2.24) is 20.9 Å². The Bertz CT molecular complexity index is 1300. The molecule has 2 aliphatic rings. The molecule has 282 valence electrons. The second kappa shape index (κ2) is 25.7. The Morgan fingerprint density at radius 2 is 1.60 bits per heavy atom. The molecule has 4 rings (SSSR count). The highest BCUT2D eigenvalue weighted by Gasteiger charge is 2.21. The van der Waals surface area contributed by atoms with E-state index >= 15 is 0 Å². The summed E-state index contributed by atoms with van der Waals surface area (Å²) in [7, 11) is 5.37. The zero-order valence-electron chi connectivity index (χ0n) is 32.6. The van der Waals surface area contributed by atoms with Gasteiger partial charge in [0.05, 0.1) is 19.2 Å². The van der Waals surface area contributed by atoms with Crippen LogP contribution in [0.5, 0.6) is 5.75 Å². The first-order chi connectivity index (χ1) is 24.0. The van der Waals surface area contributed by atoms with Crippen LogP contribution in [-0.2, 0) is 11.3 Å². The van der Waals surface area contributed by atoms with Crippen molar-refractivity contribution < 1.29 is 14.3 Å². The van der Waals surface area contributed by atoms with E-state index in [1.54, 1.807) is 20.2 Å². The van der Waals surface area contributed by atoms with Gasteiger partial charge in [-0.3, -0.25) is 9.59 Å². The summed E-state index contributed by atoms with van der Waals surface area (Å²) in [5.41, 5.74) is 9.51. The molecule has 8 nitrogen and oxygen atoms in total. The molecule has 1 aliphatic carbocycles. The largest absolute Gasteiger partial charge is 0.497 e. The molecule has 1 saturated heterocycles. The quantitative estimate of drug-likeness (QED) is 0.174. The van der Waals surface area contributed by atoms with Gasteiger partial charge < -0.3 is 31.3 Å². The topological polar surface area (TPSA) is 109 Å². The molecule has 2 aromatic carbocycles. The van der Waals surface area contributed by atoms with Crippen molar-refractivity contribution in [2.24, 2.45) is 17.6 Å². The second-order valence-electron chi connectivity index (χ2n) is 13.4. The second-order valence-corrected chi connectivity index (χ2v) is 13.9. The highest BCUT2D eigenvalue weighted by atomic mass is 35.5. The van der Waals surface area contributed by atoms with E-state index < -0.39 is 5.91 Å². The van der Waals surface area contributed by atoms with E-state index in [0.717, 1.165) is 61.2 Å². The van der Waals surface area contributed by atoms with Gasteiger partial charge in [-0.1, -0.05) is 96.4 Å². The van der Waals surface area contributed by atoms with Gasteiger partial charge in [-0.2, -0.15) is 0 Å². The summed E-state index contributed by atoms with van der Waals surface area (Å²) in [5.74, 6) is 2.84. The lowest BCUT2D eigenvalue weighted by molar-refractivity contribution is -0.114. The van der Waals surface area contributed by atoms with Crippen molar-refractivity contribution in [1.29, 1.82) is 0 Å². The van der Waals surface area contributed by atoms with Crippen molar-refractivity contribution in [2.75, 3.05) is 40.8 Å². The molecule has 0 bridgehead atoms. The van der Waals surface area contributed by atoms with Crippen molar-refractivity contribution in [3.05, 3.63) is 75.1 Å². The summed E-state index contributed by atoms with van der Waals surface area (Å²) in [5, 5.41) is 9.47. The molecule has 1 aliphatic heterocycles. The number of carbonyl (C=O) groups excluding carboxylic acids is 2. The standard InChI is InChI=1S/C19H27ClN4O2.C10H20.C9H13NO.C3H8/c1-12-9-14(20)10-15(13(12)2)19(26)23-11-16(17(21)25)18(22-3)24-7-5-4-6-8-24;1-3-9(2)10-7-5-4-6-8-10;1-10-7-8-4-3-5-9(6-8)11-2;1-3-2/h9-10,22H,4-8,11H2,1-3H3,(H2,21,25)(H,23,26);9-10H,3-8H2,1-2H3;3-6,10H,7H2,1-2H3;3H2,1-2H3/b18-16+;;;. The molecular weight excluding hydrogens is 646 g/mol. The number of ether oxygens (including phenoxy) is 1. The predicted molar refractivity (Wildman–Crippen MR) is 212 cm³/mol. The minimum Gasteiger partial charge on any atom is -0.497 e. The van der Waals surface area contributed by atoms with Gasteiger partial charge in [0, 0.05) is 37.3 Å². The molecule has 0 spiro atoms. The van der Waals surface area contributed by atoms with Crippen LogP contribution >= 0.6 is 11.6 Å². The number of nitrogens with one attached hydrogen (secondary N) is 3. The number of amides is 2. The molecule has 0 radical (unpaired) electrons. The lowest BCUT2D eigenvalue weighted by atomic mass is 9.80. The first-order valence-electron chi connectivity index (χ1n) is 18.8. The number of piperidine rings is 1. The van der Waals surface area contributed by atoms with E-state index in [0.29, 0.717) is 22.0 Å². The van der Waals surface area contributed by atoms with E-state index in [1.165, 1.54) is 56.9 Å². The zero-order valence-corrected chi connectivity index (χ0v) is 33.4. The monoisotopic (exact) mass is 714 g/mol.